The Morgan fingerprint density at radius 2 is 1.65 bits per heavy atom. The lowest BCUT2D eigenvalue weighted by Crippen LogP contribution is -2.45. The van der Waals surface area contributed by atoms with E-state index in [1.54, 1.807) is 0 Å². The second kappa shape index (κ2) is 6.11. The predicted octanol–water partition coefficient (Wildman–Crippen LogP) is 2.91. The molecule has 1 saturated heterocycles. The summed E-state index contributed by atoms with van der Waals surface area (Å²) in [5.74, 6) is 0.174. The Bertz CT molecular complexity index is 745. The lowest BCUT2D eigenvalue weighted by Gasteiger charge is -2.33. The van der Waals surface area contributed by atoms with Crippen LogP contribution in [0.2, 0.25) is 0 Å². The third kappa shape index (κ3) is 2.62. The first-order valence-corrected chi connectivity index (χ1v) is 8.19. The molecule has 1 aliphatic carbocycles. The van der Waals surface area contributed by atoms with Crippen LogP contribution in [0.15, 0.2) is 60.2 Å². The first-order valence-electron chi connectivity index (χ1n) is 8.19. The second-order valence-electron chi connectivity index (χ2n) is 6.12. The minimum atomic E-state index is 0.0843. The molecule has 1 N–H and O–H groups in total. The monoisotopic (exact) mass is 304 g/mol. The number of hydrogen-bond acceptors (Lipinski definition) is 3. The fourth-order valence-electron chi connectivity index (χ4n) is 3.60. The van der Waals surface area contributed by atoms with Crippen LogP contribution in [0.5, 0.6) is 0 Å². The van der Waals surface area contributed by atoms with Gasteiger partial charge >= 0.3 is 0 Å². The van der Waals surface area contributed by atoms with E-state index in [1.165, 1.54) is 0 Å². The van der Waals surface area contributed by atoms with Gasteiger partial charge in [-0.25, -0.2) is 0 Å². The van der Waals surface area contributed by atoms with Gasteiger partial charge < -0.3 is 5.32 Å². The van der Waals surface area contributed by atoms with E-state index in [-0.39, 0.29) is 11.8 Å². The third-order valence-electron chi connectivity index (χ3n) is 4.70. The van der Waals surface area contributed by atoms with E-state index < -0.39 is 0 Å². The Balaban J connectivity index is 1.80. The summed E-state index contributed by atoms with van der Waals surface area (Å²) in [6, 6.07) is 18.3. The molecule has 2 aliphatic rings. The SMILES string of the molecule is O=C1C(=Cc2ccccc2)C(N2CCNCC2)c2ccccc21. The van der Waals surface area contributed by atoms with Crippen LogP contribution in [0.4, 0.5) is 0 Å². The van der Waals surface area contributed by atoms with E-state index in [2.05, 4.69) is 34.5 Å². The Morgan fingerprint density at radius 1 is 0.957 bits per heavy atom. The molecule has 2 aromatic rings. The highest BCUT2D eigenvalue weighted by atomic mass is 16.1. The Morgan fingerprint density at radius 3 is 2.43 bits per heavy atom. The Labute approximate surface area is 136 Å². The van der Waals surface area contributed by atoms with Gasteiger partial charge in [-0.15, -0.1) is 0 Å². The summed E-state index contributed by atoms with van der Waals surface area (Å²) < 4.78 is 0. The Hall–Kier alpha value is -2.23. The molecule has 2 aromatic carbocycles. The molecular weight excluding hydrogens is 284 g/mol. The highest BCUT2D eigenvalue weighted by Gasteiger charge is 2.38. The van der Waals surface area contributed by atoms with Crippen molar-refractivity contribution in [1.82, 2.24) is 10.2 Å². The molecule has 4 rings (SSSR count). The van der Waals surface area contributed by atoms with Crippen LogP contribution < -0.4 is 5.32 Å². The summed E-state index contributed by atoms with van der Waals surface area (Å²) in [5.41, 5.74) is 4.00. The van der Waals surface area contributed by atoms with Crippen molar-refractivity contribution in [2.75, 3.05) is 26.2 Å². The summed E-state index contributed by atoms with van der Waals surface area (Å²) >= 11 is 0. The normalized spacial score (nSPS) is 23.2. The number of benzene rings is 2. The van der Waals surface area contributed by atoms with E-state index in [0.29, 0.717) is 0 Å². The maximum atomic E-state index is 12.9. The summed E-state index contributed by atoms with van der Waals surface area (Å²) in [5, 5.41) is 3.39. The van der Waals surface area contributed by atoms with E-state index in [1.807, 2.05) is 36.4 Å². The zero-order valence-electron chi connectivity index (χ0n) is 13.0. The maximum absolute atomic E-state index is 12.9. The zero-order chi connectivity index (χ0) is 15.6. The van der Waals surface area contributed by atoms with Crippen LogP contribution in [0, 0.1) is 0 Å². The van der Waals surface area contributed by atoms with Gasteiger partial charge in [-0.2, -0.15) is 0 Å². The molecule has 116 valence electrons. The molecule has 0 spiro atoms. The number of Topliss-reactive ketones (excluding diaryl/α,β-unsaturated/α-hetero) is 1. The highest BCUT2D eigenvalue weighted by molar-refractivity contribution is 6.16. The summed E-state index contributed by atoms with van der Waals surface area (Å²) in [4.78, 5) is 15.4. The van der Waals surface area contributed by atoms with Crippen LogP contribution in [-0.2, 0) is 0 Å². The molecule has 1 aliphatic heterocycles. The maximum Gasteiger partial charge on any atom is 0.191 e. The number of ketones is 1. The molecule has 0 amide bonds. The smallest absolute Gasteiger partial charge is 0.191 e. The van der Waals surface area contributed by atoms with E-state index in [4.69, 9.17) is 0 Å². The van der Waals surface area contributed by atoms with Crippen molar-refractivity contribution in [1.29, 1.82) is 0 Å². The van der Waals surface area contributed by atoms with Crippen molar-refractivity contribution >= 4 is 11.9 Å². The average molecular weight is 304 g/mol. The summed E-state index contributed by atoms with van der Waals surface area (Å²) in [6.45, 7) is 3.90. The van der Waals surface area contributed by atoms with E-state index in [9.17, 15) is 4.79 Å². The molecule has 23 heavy (non-hydrogen) atoms. The topological polar surface area (TPSA) is 32.3 Å². The summed E-state index contributed by atoms with van der Waals surface area (Å²) in [6.07, 6.45) is 2.06. The molecule has 3 nitrogen and oxygen atoms in total. The fourth-order valence-corrected chi connectivity index (χ4v) is 3.60. The number of rotatable bonds is 2. The molecule has 1 unspecified atom stereocenters. The first-order chi connectivity index (χ1) is 11.3. The number of hydrogen-bond donors (Lipinski definition) is 1. The number of carbonyl (C=O) groups excluding carboxylic acids is 1. The minimum Gasteiger partial charge on any atom is -0.314 e. The predicted molar refractivity (Wildman–Crippen MR) is 92.4 cm³/mol. The molecular formula is C20H20N2O. The molecule has 1 atom stereocenters. The van der Waals surface area contributed by atoms with E-state index in [0.717, 1.165) is 48.4 Å². The average Bonchev–Trinajstić information content (AvgIpc) is 2.89. The molecule has 1 heterocycles. The highest BCUT2D eigenvalue weighted by Crippen LogP contribution is 2.40. The zero-order valence-corrected chi connectivity index (χ0v) is 13.0. The van der Waals surface area contributed by atoms with Gasteiger partial charge in [-0.3, -0.25) is 9.69 Å². The van der Waals surface area contributed by atoms with Gasteiger partial charge in [-0.1, -0.05) is 54.6 Å². The summed E-state index contributed by atoms with van der Waals surface area (Å²) in [7, 11) is 0. The number of nitrogens with one attached hydrogen (secondary N) is 1. The van der Waals surface area contributed by atoms with Crippen molar-refractivity contribution in [3.63, 3.8) is 0 Å². The first kappa shape index (κ1) is 14.4. The molecule has 1 fully saturated rings. The molecule has 3 heteroatoms. The van der Waals surface area contributed by atoms with Gasteiger partial charge in [0.15, 0.2) is 5.78 Å². The Kier molecular flexibility index (Phi) is 3.82. The van der Waals surface area contributed by atoms with Gasteiger partial charge in [0, 0.05) is 37.3 Å². The van der Waals surface area contributed by atoms with Gasteiger partial charge in [0.2, 0.25) is 0 Å². The van der Waals surface area contributed by atoms with Gasteiger partial charge in [0.1, 0.15) is 0 Å². The van der Waals surface area contributed by atoms with Crippen LogP contribution in [0.1, 0.15) is 27.5 Å². The fraction of sp³-hybridized carbons (Fsp3) is 0.250. The standard InChI is InChI=1S/C20H20N2O/c23-20-17-9-5-4-8-16(17)19(22-12-10-21-11-13-22)18(20)14-15-6-2-1-3-7-15/h1-9,14,19,21H,10-13H2. The quantitative estimate of drug-likeness (QED) is 0.866. The minimum absolute atomic E-state index is 0.0843. The van der Waals surface area contributed by atoms with Gasteiger partial charge in [-0.05, 0) is 17.2 Å². The number of fused-ring (bicyclic) bond motifs is 1. The van der Waals surface area contributed by atoms with Crippen LogP contribution in [0.3, 0.4) is 0 Å². The number of carbonyl (C=O) groups is 1. The van der Waals surface area contributed by atoms with Crippen molar-refractivity contribution in [2.45, 2.75) is 6.04 Å². The number of nitrogens with zero attached hydrogens (tertiary/aromatic N) is 1. The lowest BCUT2D eigenvalue weighted by atomic mass is 10.0. The van der Waals surface area contributed by atoms with Crippen molar-refractivity contribution in [3.8, 4) is 0 Å². The largest absolute Gasteiger partial charge is 0.314 e. The van der Waals surface area contributed by atoms with Gasteiger partial charge in [0.25, 0.3) is 0 Å². The molecule has 0 saturated carbocycles. The van der Waals surface area contributed by atoms with Gasteiger partial charge in [0.05, 0.1) is 6.04 Å². The molecule has 0 bridgehead atoms. The number of piperazine rings is 1. The lowest BCUT2D eigenvalue weighted by molar-refractivity contribution is 0.102. The van der Waals surface area contributed by atoms with Crippen LogP contribution in [0.25, 0.3) is 6.08 Å². The van der Waals surface area contributed by atoms with Crippen molar-refractivity contribution in [3.05, 3.63) is 76.9 Å². The second-order valence-corrected chi connectivity index (χ2v) is 6.12. The van der Waals surface area contributed by atoms with E-state index >= 15 is 0 Å². The van der Waals surface area contributed by atoms with Crippen LogP contribution in [-0.4, -0.2) is 36.9 Å². The van der Waals surface area contributed by atoms with Crippen molar-refractivity contribution < 1.29 is 4.79 Å². The molecule has 0 radical (unpaired) electrons. The van der Waals surface area contributed by atoms with Crippen molar-refractivity contribution in [2.24, 2.45) is 0 Å². The molecule has 0 aromatic heterocycles. The van der Waals surface area contributed by atoms with Crippen LogP contribution >= 0.6 is 0 Å². The third-order valence-corrected chi connectivity index (χ3v) is 4.70.